The van der Waals surface area contributed by atoms with Crippen molar-refractivity contribution in [3.8, 4) is 28.6 Å². The summed E-state index contributed by atoms with van der Waals surface area (Å²) in [7, 11) is 1.64. The Kier molecular flexibility index (Phi) is 3.82. The molecule has 24 heavy (non-hydrogen) atoms. The molecule has 3 aromatic rings. The van der Waals surface area contributed by atoms with Gasteiger partial charge in [-0.05, 0) is 12.5 Å². The van der Waals surface area contributed by atoms with Gasteiger partial charge >= 0.3 is 0 Å². The van der Waals surface area contributed by atoms with Crippen molar-refractivity contribution in [1.82, 2.24) is 19.5 Å². The molecule has 0 aliphatic carbocycles. The van der Waals surface area contributed by atoms with E-state index in [1.807, 2.05) is 24.5 Å². The Bertz CT molecular complexity index is 826. The van der Waals surface area contributed by atoms with E-state index in [4.69, 9.17) is 14.2 Å². The first kappa shape index (κ1) is 14.6. The minimum absolute atomic E-state index is 0.236. The van der Waals surface area contributed by atoms with E-state index in [2.05, 4.69) is 19.5 Å². The molecular weight excluding hydrogens is 308 g/mol. The predicted molar refractivity (Wildman–Crippen MR) is 87.2 cm³/mol. The van der Waals surface area contributed by atoms with Crippen LogP contribution >= 0.6 is 0 Å². The van der Waals surface area contributed by atoms with E-state index in [1.165, 1.54) is 0 Å². The van der Waals surface area contributed by atoms with Crippen LogP contribution in [0.5, 0.6) is 17.2 Å². The molecule has 0 saturated heterocycles. The molecule has 1 aliphatic heterocycles. The smallest absolute Gasteiger partial charge is 0.231 e. The van der Waals surface area contributed by atoms with Crippen molar-refractivity contribution in [3.63, 3.8) is 0 Å². The van der Waals surface area contributed by atoms with Gasteiger partial charge < -0.3 is 23.8 Å². The van der Waals surface area contributed by atoms with Gasteiger partial charge in [0.1, 0.15) is 17.4 Å². The standard InChI is InChI=1S/C17H18N4O3/c1-22-13-10-15-14(23-11-24-15)9-12(13)17-20-6-8-21(17)7-2-3-16-18-4-5-19-16/h4-6,8-10H,2-3,7,11H2,1H3,(H,18,19). The Morgan fingerprint density at radius 3 is 2.88 bits per heavy atom. The lowest BCUT2D eigenvalue weighted by Crippen LogP contribution is -2.03. The normalized spacial score (nSPS) is 12.5. The molecule has 0 saturated carbocycles. The first-order valence-corrected chi connectivity index (χ1v) is 7.82. The Morgan fingerprint density at radius 2 is 2.08 bits per heavy atom. The molecule has 3 heterocycles. The summed E-state index contributed by atoms with van der Waals surface area (Å²) < 4.78 is 18.5. The van der Waals surface area contributed by atoms with Crippen molar-refractivity contribution in [2.45, 2.75) is 19.4 Å². The summed E-state index contributed by atoms with van der Waals surface area (Å²) in [5.74, 6) is 3.99. The molecule has 7 nitrogen and oxygen atoms in total. The molecule has 7 heteroatoms. The zero-order valence-electron chi connectivity index (χ0n) is 13.4. The number of hydrogen-bond donors (Lipinski definition) is 1. The van der Waals surface area contributed by atoms with E-state index in [1.54, 1.807) is 19.5 Å². The molecular formula is C17H18N4O3. The Hall–Kier alpha value is -2.96. The molecule has 0 spiro atoms. The third kappa shape index (κ3) is 2.68. The minimum Gasteiger partial charge on any atom is -0.496 e. The number of imidazole rings is 2. The van der Waals surface area contributed by atoms with Crippen molar-refractivity contribution < 1.29 is 14.2 Å². The molecule has 1 aromatic carbocycles. The van der Waals surface area contributed by atoms with Gasteiger partial charge in [0.05, 0.1) is 12.7 Å². The van der Waals surface area contributed by atoms with Gasteiger partial charge in [-0.1, -0.05) is 0 Å². The van der Waals surface area contributed by atoms with Crippen molar-refractivity contribution in [3.05, 3.63) is 42.7 Å². The number of methoxy groups -OCH3 is 1. The first-order valence-electron chi connectivity index (χ1n) is 7.82. The third-order valence-electron chi connectivity index (χ3n) is 4.02. The largest absolute Gasteiger partial charge is 0.496 e. The van der Waals surface area contributed by atoms with E-state index >= 15 is 0 Å². The third-order valence-corrected chi connectivity index (χ3v) is 4.02. The molecule has 2 aromatic heterocycles. The zero-order chi connectivity index (χ0) is 16.4. The lowest BCUT2D eigenvalue weighted by molar-refractivity contribution is 0.174. The van der Waals surface area contributed by atoms with E-state index in [9.17, 15) is 0 Å². The molecule has 0 radical (unpaired) electrons. The van der Waals surface area contributed by atoms with Gasteiger partial charge in [-0.15, -0.1) is 0 Å². The maximum atomic E-state index is 5.51. The number of ether oxygens (including phenoxy) is 3. The fourth-order valence-electron chi connectivity index (χ4n) is 2.85. The van der Waals surface area contributed by atoms with Crippen molar-refractivity contribution in [2.24, 2.45) is 0 Å². The monoisotopic (exact) mass is 326 g/mol. The number of fused-ring (bicyclic) bond motifs is 1. The van der Waals surface area contributed by atoms with E-state index in [0.717, 1.165) is 48.1 Å². The molecule has 1 aliphatic rings. The highest BCUT2D eigenvalue weighted by Gasteiger charge is 2.20. The number of rotatable bonds is 6. The molecule has 0 unspecified atom stereocenters. The number of aromatic nitrogens is 4. The van der Waals surface area contributed by atoms with Gasteiger partial charge in [-0.2, -0.15) is 0 Å². The van der Waals surface area contributed by atoms with Crippen LogP contribution in [0.1, 0.15) is 12.2 Å². The van der Waals surface area contributed by atoms with Crippen LogP contribution in [0.15, 0.2) is 36.9 Å². The van der Waals surface area contributed by atoms with Gasteiger partial charge in [-0.3, -0.25) is 0 Å². The summed E-state index contributed by atoms with van der Waals surface area (Å²) in [5.41, 5.74) is 0.893. The van der Waals surface area contributed by atoms with Crippen LogP contribution in [0.3, 0.4) is 0 Å². The summed E-state index contributed by atoms with van der Waals surface area (Å²) in [6, 6.07) is 3.77. The lowest BCUT2D eigenvalue weighted by Gasteiger charge is -2.12. The first-order chi connectivity index (χ1) is 11.8. The van der Waals surface area contributed by atoms with Gasteiger partial charge in [0.15, 0.2) is 11.5 Å². The molecule has 0 atom stereocenters. The van der Waals surface area contributed by atoms with Crippen LogP contribution in [-0.4, -0.2) is 33.4 Å². The number of nitrogens with zero attached hydrogens (tertiary/aromatic N) is 3. The Labute approximate surface area is 139 Å². The van der Waals surface area contributed by atoms with Gasteiger partial charge in [-0.25, -0.2) is 9.97 Å². The number of aromatic amines is 1. The fourth-order valence-corrected chi connectivity index (χ4v) is 2.85. The number of benzene rings is 1. The summed E-state index contributed by atoms with van der Waals surface area (Å²) in [4.78, 5) is 11.9. The molecule has 0 bridgehead atoms. The van der Waals surface area contributed by atoms with E-state index in [0.29, 0.717) is 5.75 Å². The highest BCUT2D eigenvalue weighted by atomic mass is 16.7. The molecule has 4 rings (SSSR count). The second-order valence-electron chi connectivity index (χ2n) is 5.49. The van der Waals surface area contributed by atoms with Crippen molar-refractivity contribution in [2.75, 3.05) is 13.9 Å². The molecule has 0 fully saturated rings. The second-order valence-corrected chi connectivity index (χ2v) is 5.49. The number of hydrogen-bond acceptors (Lipinski definition) is 5. The summed E-state index contributed by atoms with van der Waals surface area (Å²) in [6.45, 7) is 1.08. The predicted octanol–water partition coefficient (Wildman–Crippen LogP) is 2.64. The quantitative estimate of drug-likeness (QED) is 0.754. The van der Waals surface area contributed by atoms with Crippen LogP contribution in [0.2, 0.25) is 0 Å². The molecule has 124 valence electrons. The van der Waals surface area contributed by atoms with E-state index < -0.39 is 0 Å². The fraction of sp³-hybridized carbons (Fsp3) is 0.294. The van der Waals surface area contributed by atoms with Gasteiger partial charge in [0, 0.05) is 43.8 Å². The summed E-state index contributed by atoms with van der Waals surface area (Å²) in [5, 5.41) is 0. The highest BCUT2D eigenvalue weighted by molar-refractivity contribution is 5.70. The minimum atomic E-state index is 0.236. The van der Waals surface area contributed by atoms with Crippen LogP contribution in [-0.2, 0) is 13.0 Å². The van der Waals surface area contributed by atoms with Gasteiger partial charge in [0.25, 0.3) is 0 Å². The van der Waals surface area contributed by atoms with E-state index in [-0.39, 0.29) is 6.79 Å². The number of aryl methyl sites for hydroxylation is 2. The van der Waals surface area contributed by atoms with Crippen LogP contribution in [0.4, 0.5) is 0 Å². The molecule has 0 amide bonds. The number of nitrogens with one attached hydrogen (secondary N) is 1. The number of H-pyrrole nitrogens is 1. The van der Waals surface area contributed by atoms with Crippen LogP contribution < -0.4 is 14.2 Å². The average Bonchev–Trinajstić information content (AvgIpc) is 3.35. The molecule has 1 N–H and O–H groups in total. The Balaban J connectivity index is 1.58. The average molecular weight is 326 g/mol. The van der Waals surface area contributed by atoms with Crippen molar-refractivity contribution >= 4 is 0 Å². The lowest BCUT2D eigenvalue weighted by atomic mass is 10.1. The zero-order valence-corrected chi connectivity index (χ0v) is 13.4. The van der Waals surface area contributed by atoms with Crippen molar-refractivity contribution in [1.29, 1.82) is 0 Å². The Morgan fingerprint density at radius 1 is 1.21 bits per heavy atom. The maximum absolute atomic E-state index is 5.51. The van der Waals surface area contributed by atoms with Gasteiger partial charge in [0.2, 0.25) is 6.79 Å². The highest BCUT2D eigenvalue weighted by Crippen LogP contribution is 2.41. The maximum Gasteiger partial charge on any atom is 0.231 e. The summed E-state index contributed by atoms with van der Waals surface area (Å²) >= 11 is 0. The topological polar surface area (TPSA) is 74.2 Å². The second kappa shape index (κ2) is 6.27. The summed E-state index contributed by atoms with van der Waals surface area (Å²) in [6.07, 6.45) is 9.24. The van der Waals surface area contributed by atoms with Crippen LogP contribution in [0, 0.1) is 0 Å². The van der Waals surface area contributed by atoms with Crippen LogP contribution in [0.25, 0.3) is 11.4 Å². The SMILES string of the molecule is COc1cc2c(cc1-c1nccn1CCCc1ncc[nH]1)OCO2.